The van der Waals surface area contributed by atoms with Gasteiger partial charge in [0.25, 0.3) is 0 Å². The largest absolute Gasteiger partial charge is 0.481 e. The van der Waals surface area contributed by atoms with Crippen molar-refractivity contribution < 1.29 is 19.4 Å². The lowest BCUT2D eigenvalue weighted by Gasteiger charge is -2.36. The second-order valence-electron chi connectivity index (χ2n) is 6.68. The number of nitrogens with zero attached hydrogens (tertiary/aromatic N) is 1. The van der Waals surface area contributed by atoms with Gasteiger partial charge >= 0.3 is 12.0 Å². The molecule has 2 heterocycles. The number of piperidine rings is 1. The van der Waals surface area contributed by atoms with Gasteiger partial charge in [-0.2, -0.15) is 0 Å². The number of urea groups is 1. The number of carbonyl (C=O) groups is 2. The molecule has 0 aromatic carbocycles. The van der Waals surface area contributed by atoms with Crippen molar-refractivity contribution in [3.63, 3.8) is 0 Å². The van der Waals surface area contributed by atoms with Gasteiger partial charge in [0.2, 0.25) is 0 Å². The Morgan fingerprint density at radius 1 is 1.29 bits per heavy atom. The van der Waals surface area contributed by atoms with Crippen LogP contribution in [-0.2, 0) is 9.53 Å². The van der Waals surface area contributed by atoms with Crippen molar-refractivity contribution in [3.05, 3.63) is 0 Å². The molecule has 21 heavy (non-hydrogen) atoms. The van der Waals surface area contributed by atoms with Gasteiger partial charge in [-0.15, -0.1) is 0 Å². The molecule has 0 aromatic rings. The fraction of sp³-hybridized carbons (Fsp3) is 0.867. The number of rotatable bonds is 3. The number of aliphatic carboxylic acids is 1. The highest BCUT2D eigenvalue weighted by molar-refractivity contribution is 5.75. The lowest BCUT2D eigenvalue weighted by atomic mass is 9.95. The minimum Gasteiger partial charge on any atom is -0.481 e. The summed E-state index contributed by atoms with van der Waals surface area (Å²) in [6, 6.07) is -0.106. The zero-order valence-corrected chi connectivity index (χ0v) is 12.9. The molecular formula is C15H26N2O4. The van der Waals surface area contributed by atoms with E-state index in [9.17, 15) is 9.59 Å². The molecule has 120 valence electrons. The molecule has 2 rings (SSSR count). The predicted octanol–water partition coefficient (Wildman–Crippen LogP) is 1.84. The third-order valence-electron chi connectivity index (χ3n) is 4.40. The summed E-state index contributed by atoms with van der Waals surface area (Å²) in [7, 11) is 0. The number of likely N-dealkylation sites (tertiary alicyclic amines) is 1. The maximum Gasteiger partial charge on any atom is 0.317 e. The Hall–Kier alpha value is -1.30. The van der Waals surface area contributed by atoms with E-state index in [-0.39, 0.29) is 23.7 Å². The number of carboxylic acid groups (broad SMARTS) is 1. The van der Waals surface area contributed by atoms with Gasteiger partial charge in [-0.3, -0.25) is 4.79 Å². The Labute approximate surface area is 125 Å². The van der Waals surface area contributed by atoms with E-state index in [1.165, 1.54) is 0 Å². The van der Waals surface area contributed by atoms with Crippen molar-refractivity contribution in [1.29, 1.82) is 0 Å². The van der Waals surface area contributed by atoms with Crippen molar-refractivity contribution in [1.82, 2.24) is 10.2 Å². The van der Waals surface area contributed by atoms with Crippen LogP contribution in [0.2, 0.25) is 0 Å². The van der Waals surface area contributed by atoms with Crippen molar-refractivity contribution >= 4 is 12.0 Å². The Balaban J connectivity index is 1.72. The van der Waals surface area contributed by atoms with Crippen LogP contribution in [0.1, 0.15) is 46.0 Å². The third-order valence-corrected chi connectivity index (χ3v) is 4.40. The van der Waals surface area contributed by atoms with Crippen molar-refractivity contribution in [2.75, 3.05) is 19.6 Å². The number of carboxylic acids is 1. The molecule has 6 heteroatoms. The molecule has 0 spiro atoms. The fourth-order valence-corrected chi connectivity index (χ4v) is 3.11. The third kappa shape index (κ3) is 4.59. The summed E-state index contributed by atoms with van der Waals surface area (Å²) in [6.07, 6.45) is 4.31. The summed E-state index contributed by atoms with van der Waals surface area (Å²) in [5.74, 6) is -1.07. The molecular weight excluding hydrogens is 272 g/mol. The van der Waals surface area contributed by atoms with Gasteiger partial charge in [0.05, 0.1) is 17.6 Å². The summed E-state index contributed by atoms with van der Waals surface area (Å²) >= 11 is 0. The summed E-state index contributed by atoms with van der Waals surface area (Å²) in [5.41, 5.74) is -0.104. The van der Waals surface area contributed by atoms with Crippen LogP contribution in [0.15, 0.2) is 0 Å². The first-order valence-corrected chi connectivity index (χ1v) is 7.81. The second-order valence-corrected chi connectivity index (χ2v) is 6.68. The molecule has 1 unspecified atom stereocenters. The van der Waals surface area contributed by atoms with E-state index >= 15 is 0 Å². The first kappa shape index (κ1) is 16.1. The van der Waals surface area contributed by atoms with Gasteiger partial charge in [-0.25, -0.2) is 4.79 Å². The van der Waals surface area contributed by atoms with Gasteiger partial charge in [0.1, 0.15) is 0 Å². The van der Waals surface area contributed by atoms with Crippen LogP contribution in [0, 0.1) is 5.92 Å². The van der Waals surface area contributed by atoms with E-state index in [2.05, 4.69) is 19.2 Å². The number of hydrogen-bond acceptors (Lipinski definition) is 3. The van der Waals surface area contributed by atoms with Crippen molar-refractivity contribution in [3.8, 4) is 0 Å². The normalized spacial score (nSPS) is 26.4. The minimum atomic E-state index is -0.757. The molecule has 2 saturated heterocycles. The topological polar surface area (TPSA) is 78.9 Å². The lowest BCUT2D eigenvalue weighted by Crippen LogP contribution is -2.49. The number of amides is 2. The Morgan fingerprint density at radius 3 is 2.52 bits per heavy atom. The van der Waals surface area contributed by atoms with Crippen LogP contribution in [-0.4, -0.2) is 53.3 Å². The van der Waals surface area contributed by atoms with E-state index in [1.54, 1.807) is 4.90 Å². The summed E-state index contributed by atoms with van der Waals surface area (Å²) in [5, 5.41) is 11.9. The summed E-state index contributed by atoms with van der Waals surface area (Å²) in [6.45, 7) is 5.72. The van der Waals surface area contributed by atoms with Crippen LogP contribution in [0.25, 0.3) is 0 Å². The standard InChI is InChI=1S/C15H26N2O4/c1-15(2)7-3-4-12(21-15)10-16-14(20)17-8-5-11(6-9-17)13(18)19/h11-12H,3-10H2,1-2H3,(H,16,20)(H,18,19). The average molecular weight is 298 g/mol. The molecule has 1 atom stereocenters. The van der Waals surface area contributed by atoms with Crippen molar-refractivity contribution in [2.24, 2.45) is 5.92 Å². The smallest absolute Gasteiger partial charge is 0.317 e. The van der Waals surface area contributed by atoms with Gasteiger partial charge in [0.15, 0.2) is 0 Å². The minimum absolute atomic E-state index is 0.0780. The van der Waals surface area contributed by atoms with Crippen LogP contribution in [0.3, 0.4) is 0 Å². The van der Waals surface area contributed by atoms with Gasteiger partial charge in [0, 0.05) is 19.6 Å². The summed E-state index contributed by atoms with van der Waals surface area (Å²) < 4.78 is 5.95. The molecule has 0 aromatic heterocycles. The van der Waals surface area contributed by atoms with E-state index in [4.69, 9.17) is 9.84 Å². The molecule has 6 nitrogen and oxygen atoms in total. The number of ether oxygens (including phenoxy) is 1. The van der Waals surface area contributed by atoms with E-state index in [0.29, 0.717) is 32.5 Å². The van der Waals surface area contributed by atoms with Crippen LogP contribution in [0.5, 0.6) is 0 Å². The quantitative estimate of drug-likeness (QED) is 0.833. The van der Waals surface area contributed by atoms with E-state index < -0.39 is 5.97 Å². The molecule has 2 N–H and O–H groups in total. The van der Waals surface area contributed by atoms with Crippen LogP contribution < -0.4 is 5.32 Å². The zero-order valence-electron chi connectivity index (χ0n) is 12.9. The Morgan fingerprint density at radius 2 is 1.95 bits per heavy atom. The highest BCUT2D eigenvalue weighted by Gasteiger charge is 2.30. The number of nitrogens with one attached hydrogen (secondary N) is 1. The number of hydrogen-bond donors (Lipinski definition) is 2. The predicted molar refractivity (Wildman–Crippen MR) is 78.1 cm³/mol. The maximum atomic E-state index is 12.1. The molecule has 0 bridgehead atoms. The van der Waals surface area contributed by atoms with Gasteiger partial charge < -0.3 is 20.1 Å². The fourth-order valence-electron chi connectivity index (χ4n) is 3.11. The van der Waals surface area contributed by atoms with Crippen LogP contribution >= 0.6 is 0 Å². The zero-order chi connectivity index (χ0) is 15.5. The van der Waals surface area contributed by atoms with Gasteiger partial charge in [-0.1, -0.05) is 0 Å². The molecule has 2 aliphatic heterocycles. The first-order chi connectivity index (χ1) is 9.87. The Bertz CT molecular complexity index is 389. The molecule has 2 amide bonds. The summed E-state index contributed by atoms with van der Waals surface area (Å²) in [4.78, 5) is 24.7. The monoisotopic (exact) mass is 298 g/mol. The van der Waals surface area contributed by atoms with Gasteiger partial charge in [-0.05, 0) is 46.0 Å². The molecule has 0 radical (unpaired) electrons. The lowest BCUT2D eigenvalue weighted by molar-refractivity contribution is -0.143. The van der Waals surface area contributed by atoms with E-state index in [0.717, 1.165) is 19.3 Å². The number of carbonyl (C=O) groups excluding carboxylic acids is 1. The van der Waals surface area contributed by atoms with Crippen molar-refractivity contribution in [2.45, 2.75) is 57.7 Å². The molecule has 0 saturated carbocycles. The van der Waals surface area contributed by atoms with E-state index in [1.807, 2.05) is 0 Å². The van der Waals surface area contributed by atoms with Crippen LogP contribution in [0.4, 0.5) is 4.79 Å². The molecule has 2 aliphatic rings. The average Bonchev–Trinajstić information content (AvgIpc) is 2.44. The SMILES string of the molecule is CC1(C)CCCC(CNC(=O)N2CCC(C(=O)O)CC2)O1. The highest BCUT2D eigenvalue weighted by Crippen LogP contribution is 2.27. The maximum absolute atomic E-state index is 12.1. The molecule has 0 aliphatic carbocycles. The highest BCUT2D eigenvalue weighted by atomic mass is 16.5. The first-order valence-electron chi connectivity index (χ1n) is 7.81. The molecule has 2 fully saturated rings. The second kappa shape index (κ2) is 6.64. The Kier molecular flexibility index (Phi) is 5.08.